The Balaban J connectivity index is 1.51. The summed E-state index contributed by atoms with van der Waals surface area (Å²) in [5.41, 5.74) is 0.670. The minimum absolute atomic E-state index is 0.00513. The normalized spacial score (nSPS) is 16.4. The first kappa shape index (κ1) is 16.3. The molecule has 0 N–H and O–H groups in total. The number of hydrogen-bond acceptors (Lipinski definition) is 5. The van der Waals surface area contributed by atoms with Crippen molar-refractivity contribution in [1.29, 1.82) is 0 Å². The number of ether oxygens (including phenoxy) is 1. The van der Waals surface area contributed by atoms with Crippen molar-refractivity contribution in [2.24, 2.45) is 7.05 Å². The highest BCUT2D eigenvalue weighted by Gasteiger charge is 2.32. The zero-order valence-electron chi connectivity index (χ0n) is 14.7. The minimum Gasteiger partial charge on any atom is -0.469 e. The third-order valence-corrected chi connectivity index (χ3v) is 4.67. The quantitative estimate of drug-likeness (QED) is 0.716. The monoisotopic (exact) mass is 352 g/mol. The molecule has 0 saturated carbocycles. The zero-order valence-corrected chi connectivity index (χ0v) is 14.7. The van der Waals surface area contributed by atoms with E-state index < -0.39 is 0 Å². The number of nitrogens with zero attached hydrogens (tertiary/aromatic N) is 6. The molecule has 134 valence electrons. The van der Waals surface area contributed by atoms with Crippen molar-refractivity contribution in [2.75, 3.05) is 6.54 Å². The lowest BCUT2D eigenvalue weighted by Crippen LogP contribution is -2.42. The molecule has 3 aromatic heterocycles. The minimum atomic E-state index is -0.151. The highest BCUT2D eigenvalue weighted by molar-refractivity contribution is 5.93. The summed E-state index contributed by atoms with van der Waals surface area (Å²) in [5.74, 6) is 2.07. The fourth-order valence-electron chi connectivity index (χ4n) is 3.23. The zero-order chi connectivity index (χ0) is 18.1. The molecule has 26 heavy (non-hydrogen) atoms. The van der Waals surface area contributed by atoms with Crippen molar-refractivity contribution < 1.29 is 9.53 Å². The van der Waals surface area contributed by atoms with E-state index in [-0.39, 0.29) is 11.9 Å². The fraction of sp³-hybridized carbons (Fsp3) is 0.333. The number of aryl methyl sites for hydroxylation is 1. The Hall–Kier alpha value is -3.16. The van der Waals surface area contributed by atoms with E-state index in [1.807, 2.05) is 58.5 Å². The Kier molecular flexibility index (Phi) is 4.16. The van der Waals surface area contributed by atoms with Crippen molar-refractivity contribution in [3.8, 4) is 5.88 Å². The molecule has 1 atom stereocenters. The summed E-state index contributed by atoms with van der Waals surface area (Å²) in [4.78, 5) is 18.8. The van der Waals surface area contributed by atoms with Crippen LogP contribution in [-0.2, 0) is 20.2 Å². The van der Waals surface area contributed by atoms with E-state index in [1.54, 1.807) is 12.3 Å². The molecule has 0 aromatic carbocycles. The predicted molar refractivity (Wildman–Crippen MR) is 93.5 cm³/mol. The van der Waals surface area contributed by atoms with Gasteiger partial charge in [0.1, 0.15) is 12.3 Å². The van der Waals surface area contributed by atoms with Gasteiger partial charge in [-0.1, -0.05) is 6.07 Å². The van der Waals surface area contributed by atoms with Crippen LogP contribution in [0.1, 0.15) is 35.1 Å². The number of pyridine rings is 1. The topological polar surface area (TPSA) is 78.1 Å². The molecule has 3 aromatic rings. The number of amides is 1. The molecule has 0 radical (unpaired) electrons. The number of fused-ring (bicyclic) bond motifs is 1. The van der Waals surface area contributed by atoms with Crippen LogP contribution in [0.3, 0.4) is 0 Å². The Bertz CT molecular complexity index is 917. The lowest BCUT2D eigenvalue weighted by atomic mass is 10.2. The summed E-state index contributed by atoms with van der Waals surface area (Å²) in [6.07, 6.45) is 3.56. The fourth-order valence-corrected chi connectivity index (χ4v) is 3.23. The van der Waals surface area contributed by atoms with Gasteiger partial charge < -0.3 is 18.8 Å². The smallest absolute Gasteiger partial charge is 0.271 e. The first-order valence-corrected chi connectivity index (χ1v) is 8.53. The van der Waals surface area contributed by atoms with Gasteiger partial charge >= 0.3 is 0 Å². The lowest BCUT2D eigenvalue weighted by molar-refractivity contribution is 0.0625. The van der Waals surface area contributed by atoms with Crippen LogP contribution in [-0.4, -0.2) is 41.7 Å². The number of carbonyl (C=O) groups is 1. The number of carbonyl (C=O) groups excluding carboxylic acids is 1. The first-order chi connectivity index (χ1) is 12.6. The van der Waals surface area contributed by atoms with Crippen LogP contribution in [0.25, 0.3) is 0 Å². The van der Waals surface area contributed by atoms with Crippen LogP contribution in [0, 0.1) is 0 Å². The van der Waals surface area contributed by atoms with Gasteiger partial charge in [-0.25, -0.2) is 4.98 Å². The van der Waals surface area contributed by atoms with Crippen molar-refractivity contribution in [3.63, 3.8) is 0 Å². The van der Waals surface area contributed by atoms with Gasteiger partial charge in [0, 0.05) is 38.6 Å². The molecule has 8 heteroatoms. The van der Waals surface area contributed by atoms with Gasteiger partial charge in [0.05, 0.1) is 6.04 Å². The summed E-state index contributed by atoms with van der Waals surface area (Å²) in [6, 6.07) is 9.07. The second-order valence-electron chi connectivity index (χ2n) is 6.26. The van der Waals surface area contributed by atoms with Crippen LogP contribution in [0.5, 0.6) is 5.88 Å². The van der Waals surface area contributed by atoms with Crippen molar-refractivity contribution in [1.82, 2.24) is 29.2 Å². The van der Waals surface area contributed by atoms with Gasteiger partial charge in [-0.05, 0) is 25.1 Å². The standard InChI is InChI=1S/C18H20N6O2/c1-13-17-21-20-15(12-26-16-7-3-4-8-19-16)24(17)11-10-23(13)18(25)14-6-5-9-22(14)2/h3-9,13H,10-12H2,1-2H3. The van der Waals surface area contributed by atoms with E-state index in [0.29, 0.717) is 31.3 Å². The Morgan fingerprint density at radius 2 is 2.12 bits per heavy atom. The van der Waals surface area contributed by atoms with Gasteiger partial charge in [0.15, 0.2) is 11.6 Å². The average Bonchev–Trinajstić information content (AvgIpc) is 3.27. The van der Waals surface area contributed by atoms with E-state index in [2.05, 4.69) is 15.2 Å². The molecule has 1 aliphatic rings. The number of aromatic nitrogens is 5. The maximum atomic E-state index is 12.8. The van der Waals surface area contributed by atoms with Gasteiger partial charge in [-0.2, -0.15) is 0 Å². The number of rotatable bonds is 4. The summed E-state index contributed by atoms with van der Waals surface area (Å²) >= 11 is 0. The third-order valence-electron chi connectivity index (χ3n) is 4.67. The van der Waals surface area contributed by atoms with Gasteiger partial charge in [-0.3, -0.25) is 4.79 Å². The van der Waals surface area contributed by atoms with E-state index in [1.165, 1.54) is 0 Å². The maximum absolute atomic E-state index is 12.8. The van der Waals surface area contributed by atoms with Crippen LogP contribution < -0.4 is 4.74 Å². The summed E-state index contributed by atoms with van der Waals surface area (Å²) in [6.45, 7) is 3.52. The summed E-state index contributed by atoms with van der Waals surface area (Å²) in [7, 11) is 1.87. The molecule has 1 amide bonds. The van der Waals surface area contributed by atoms with E-state index in [4.69, 9.17) is 4.74 Å². The molecule has 8 nitrogen and oxygen atoms in total. The van der Waals surface area contributed by atoms with Gasteiger partial charge in [0.25, 0.3) is 5.91 Å². The number of hydrogen-bond donors (Lipinski definition) is 0. The van der Waals surface area contributed by atoms with E-state index >= 15 is 0 Å². The molecule has 0 saturated heterocycles. The molecule has 4 heterocycles. The Labute approximate surface area is 151 Å². The molecule has 0 bridgehead atoms. The summed E-state index contributed by atoms with van der Waals surface area (Å²) in [5, 5.41) is 8.55. The highest BCUT2D eigenvalue weighted by atomic mass is 16.5. The summed E-state index contributed by atoms with van der Waals surface area (Å²) < 4.78 is 9.55. The Morgan fingerprint density at radius 3 is 2.85 bits per heavy atom. The SMILES string of the molecule is CC1c2nnc(COc3ccccn3)n2CCN1C(=O)c1cccn1C. The first-order valence-electron chi connectivity index (χ1n) is 8.53. The molecular formula is C18H20N6O2. The maximum Gasteiger partial charge on any atom is 0.271 e. The predicted octanol–water partition coefficient (Wildman–Crippen LogP) is 1.81. The van der Waals surface area contributed by atoms with E-state index in [0.717, 1.165) is 11.6 Å². The second kappa shape index (κ2) is 6.62. The largest absolute Gasteiger partial charge is 0.469 e. The molecule has 0 spiro atoms. The van der Waals surface area contributed by atoms with Crippen molar-refractivity contribution >= 4 is 5.91 Å². The Morgan fingerprint density at radius 1 is 1.23 bits per heavy atom. The van der Waals surface area contributed by atoms with Crippen LogP contribution in [0.15, 0.2) is 42.7 Å². The van der Waals surface area contributed by atoms with Crippen molar-refractivity contribution in [2.45, 2.75) is 26.1 Å². The van der Waals surface area contributed by atoms with Crippen LogP contribution in [0.4, 0.5) is 0 Å². The molecule has 0 fully saturated rings. The van der Waals surface area contributed by atoms with Gasteiger partial charge in [0.2, 0.25) is 5.88 Å². The average molecular weight is 352 g/mol. The van der Waals surface area contributed by atoms with Crippen LogP contribution >= 0.6 is 0 Å². The molecule has 4 rings (SSSR count). The van der Waals surface area contributed by atoms with Crippen LogP contribution in [0.2, 0.25) is 0 Å². The van der Waals surface area contributed by atoms with Crippen molar-refractivity contribution in [3.05, 3.63) is 60.1 Å². The van der Waals surface area contributed by atoms with Gasteiger partial charge in [-0.15, -0.1) is 10.2 Å². The van der Waals surface area contributed by atoms with E-state index in [9.17, 15) is 4.79 Å². The lowest BCUT2D eigenvalue weighted by Gasteiger charge is -2.33. The second-order valence-corrected chi connectivity index (χ2v) is 6.26. The third kappa shape index (κ3) is 2.83. The molecule has 0 aliphatic carbocycles. The highest BCUT2D eigenvalue weighted by Crippen LogP contribution is 2.26. The molecule has 1 aliphatic heterocycles. The molecular weight excluding hydrogens is 332 g/mol. The molecule has 1 unspecified atom stereocenters.